The van der Waals surface area contributed by atoms with Gasteiger partial charge >= 0.3 is 0 Å². The van der Waals surface area contributed by atoms with Gasteiger partial charge in [0.25, 0.3) is 0 Å². The summed E-state index contributed by atoms with van der Waals surface area (Å²) in [7, 11) is 0. The lowest BCUT2D eigenvalue weighted by Gasteiger charge is -2.06. The van der Waals surface area contributed by atoms with Gasteiger partial charge in [0.2, 0.25) is 0 Å². The molecule has 3 nitrogen and oxygen atoms in total. The fraction of sp³-hybridized carbons (Fsp3) is 0.385. The Morgan fingerprint density at radius 2 is 2.06 bits per heavy atom. The Morgan fingerprint density at radius 3 is 2.81 bits per heavy atom. The van der Waals surface area contributed by atoms with Gasteiger partial charge in [0.1, 0.15) is 6.61 Å². The molecule has 16 heavy (non-hydrogen) atoms. The number of ether oxygens (including phenoxy) is 2. The molecule has 1 aliphatic rings. The summed E-state index contributed by atoms with van der Waals surface area (Å²) in [6.07, 6.45) is 0. The molecule has 0 fully saturated rings. The van der Waals surface area contributed by atoms with E-state index in [2.05, 4.69) is 18.8 Å². The summed E-state index contributed by atoms with van der Waals surface area (Å²) in [5.41, 5.74) is 0.825. The maximum Gasteiger partial charge on any atom is 0.162 e. The second-order valence-corrected chi connectivity index (χ2v) is 3.85. The van der Waals surface area contributed by atoms with E-state index in [1.165, 1.54) is 0 Å². The van der Waals surface area contributed by atoms with Crippen LogP contribution in [0.2, 0.25) is 0 Å². The summed E-state index contributed by atoms with van der Waals surface area (Å²) in [5.74, 6) is 7.33. The van der Waals surface area contributed by atoms with Gasteiger partial charge in [-0.05, 0) is 18.2 Å². The lowest BCUT2D eigenvalue weighted by atomic mass is 10.2. The molecule has 0 amide bonds. The maximum absolute atomic E-state index is 8.62. The number of aliphatic hydroxyl groups excluding tert-OH is 1. The van der Waals surface area contributed by atoms with Gasteiger partial charge in [-0.1, -0.05) is 18.8 Å². The fourth-order valence-corrected chi connectivity index (χ4v) is 1.47. The lowest BCUT2D eigenvalue weighted by molar-refractivity contribution is 0.228. The Balaban J connectivity index is 2.25. The Kier molecular flexibility index (Phi) is 3.33. The molecule has 1 unspecified atom stereocenters. The van der Waals surface area contributed by atoms with Crippen molar-refractivity contribution in [2.45, 2.75) is 6.92 Å². The zero-order valence-corrected chi connectivity index (χ0v) is 9.19. The van der Waals surface area contributed by atoms with Crippen LogP contribution in [0, 0.1) is 17.8 Å². The van der Waals surface area contributed by atoms with Gasteiger partial charge in [-0.15, -0.1) is 0 Å². The van der Waals surface area contributed by atoms with Gasteiger partial charge in [-0.3, -0.25) is 0 Å². The van der Waals surface area contributed by atoms with Gasteiger partial charge in [0.05, 0.1) is 13.2 Å². The van der Waals surface area contributed by atoms with Crippen molar-refractivity contribution in [1.82, 2.24) is 0 Å². The highest BCUT2D eigenvalue weighted by atomic mass is 16.5. The molecule has 1 N–H and O–H groups in total. The van der Waals surface area contributed by atoms with Crippen LogP contribution < -0.4 is 9.47 Å². The molecule has 0 saturated heterocycles. The average molecular weight is 218 g/mol. The van der Waals surface area contributed by atoms with Gasteiger partial charge in [0, 0.05) is 11.5 Å². The first kappa shape index (κ1) is 10.8. The van der Waals surface area contributed by atoms with E-state index in [-0.39, 0.29) is 6.61 Å². The van der Waals surface area contributed by atoms with E-state index in [0.29, 0.717) is 19.1 Å². The van der Waals surface area contributed by atoms with Crippen LogP contribution >= 0.6 is 0 Å². The fourth-order valence-electron chi connectivity index (χ4n) is 1.47. The van der Waals surface area contributed by atoms with Crippen molar-refractivity contribution in [2.24, 2.45) is 5.92 Å². The van der Waals surface area contributed by atoms with Crippen molar-refractivity contribution in [1.29, 1.82) is 0 Å². The quantitative estimate of drug-likeness (QED) is 0.670. The van der Waals surface area contributed by atoms with Crippen molar-refractivity contribution in [2.75, 3.05) is 19.8 Å². The lowest BCUT2D eigenvalue weighted by Crippen LogP contribution is -2.12. The van der Waals surface area contributed by atoms with Crippen molar-refractivity contribution < 1.29 is 14.6 Å². The molecular formula is C13H14O3. The number of fused-ring (bicyclic) bond motifs is 1. The zero-order valence-electron chi connectivity index (χ0n) is 9.19. The summed E-state index contributed by atoms with van der Waals surface area (Å²) in [6, 6.07) is 5.56. The van der Waals surface area contributed by atoms with E-state index < -0.39 is 0 Å². The normalized spacial score (nSPS) is 18.2. The monoisotopic (exact) mass is 218 g/mol. The van der Waals surface area contributed by atoms with Crippen LogP contribution in [0.3, 0.4) is 0 Å². The molecule has 84 valence electrons. The molecule has 3 heteroatoms. The third kappa shape index (κ3) is 2.47. The van der Waals surface area contributed by atoms with E-state index >= 15 is 0 Å². The summed E-state index contributed by atoms with van der Waals surface area (Å²) >= 11 is 0. The van der Waals surface area contributed by atoms with E-state index in [1.807, 2.05) is 18.2 Å². The Bertz CT molecular complexity index is 429. The molecule has 1 aliphatic heterocycles. The van der Waals surface area contributed by atoms with Crippen LogP contribution in [0.15, 0.2) is 18.2 Å². The first-order chi connectivity index (χ1) is 7.79. The minimum atomic E-state index is -0.133. The number of rotatable bonds is 0. The number of benzene rings is 1. The highest BCUT2D eigenvalue weighted by molar-refractivity contribution is 5.48. The first-order valence-corrected chi connectivity index (χ1v) is 5.29. The highest BCUT2D eigenvalue weighted by Crippen LogP contribution is 2.30. The summed E-state index contributed by atoms with van der Waals surface area (Å²) in [5, 5.41) is 8.62. The number of hydrogen-bond donors (Lipinski definition) is 1. The largest absolute Gasteiger partial charge is 0.489 e. The summed E-state index contributed by atoms with van der Waals surface area (Å²) < 4.78 is 11.2. The number of hydrogen-bond acceptors (Lipinski definition) is 3. The maximum atomic E-state index is 8.62. The molecule has 2 rings (SSSR count). The van der Waals surface area contributed by atoms with Crippen LogP contribution in [0.4, 0.5) is 0 Å². The topological polar surface area (TPSA) is 38.7 Å². The molecular weight excluding hydrogens is 204 g/mol. The molecule has 1 heterocycles. The molecule has 0 aliphatic carbocycles. The van der Waals surface area contributed by atoms with Gasteiger partial charge in [0.15, 0.2) is 11.5 Å². The van der Waals surface area contributed by atoms with E-state index in [4.69, 9.17) is 14.6 Å². The molecule has 1 aromatic rings. The van der Waals surface area contributed by atoms with Crippen LogP contribution in [0.5, 0.6) is 11.5 Å². The predicted molar refractivity (Wildman–Crippen MR) is 60.6 cm³/mol. The van der Waals surface area contributed by atoms with Crippen molar-refractivity contribution in [3.63, 3.8) is 0 Å². The van der Waals surface area contributed by atoms with E-state index in [0.717, 1.165) is 17.1 Å². The average Bonchev–Trinajstić information content (AvgIpc) is 2.49. The third-order valence-corrected chi connectivity index (χ3v) is 2.30. The number of aliphatic hydroxyl groups is 1. The van der Waals surface area contributed by atoms with Gasteiger partial charge in [-0.25, -0.2) is 0 Å². The molecule has 0 spiro atoms. The predicted octanol–water partition coefficient (Wildman–Crippen LogP) is 1.44. The second kappa shape index (κ2) is 4.91. The standard InChI is InChI=1S/C13H14O3/c1-10-8-15-12-5-4-11(3-2-6-14)7-13(12)16-9-10/h4-5,7,10,14H,6,8-9H2,1H3. The SMILES string of the molecule is CC1COc2ccc(C#CCO)cc2OC1. The molecule has 0 radical (unpaired) electrons. The third-order valence-electron chi connectivity index (χ3n) is 2.30. The minimum absolute atomic E-state index is 0.133. The van der Waals surface area contributed by atoms with Crippen LogP contribution in [0.1, 0.15) is 12.5 Å². The Hall–Kier alpha value is -1.66. The molecule has 1 aromatic carbocycles. The minimum Gasteiger partial charge on any atom is -0.489 e. The Labute approximate surface area is 95.0 Å². The van der Waals surface area contributed by atoms with Gasteiger partial charge in [-0.2, -0.15) is 0 Å². The second-order valence-electron chi connectivity index (χ2n) is 3.85. The molecule has 0 aromatic heterocycles. The first-order valence-electron chi connectivity index (χ1n) is 5.29. The molecule has 1 atom stereocenters. The van der Waals surface area contributed by atoms with Crippen molar-refractivity contribution >= 4 is 0 Å². The van der Waals surface area contributed by atoms with Crippen molar-refractivity contribution in [3.8, 4) is 23.3 Å². The van der Waals surface area contributed by atoms with Crippen molar-refractivity contribution in [3.05, 3.63) is 23.8 Å². The van der Waals surface area contributed by atoms with Crippen LogP contribution in [-0.2, 0) is 0 Å². The summed E-state index contributed by atoms with van der Waals surface area (Å²) in [6.45, 7) is 3.28. The van der Waals surface area contributed by atoms with E-state index in [9.17, 15) is 0 Å². The molecule has 0 saturated carbocycles. The smallest absolute Gasteiger partial charge is 0.162 e. The Morgan fingerprint density at radius 1 is 1.31 bits per heavy atom. The van der Waals surface area contributed by atoms with Crippen LogP contribution in [0.25, 0.3) is 0 Å². The zero-order chi connectivity index (χ0) is 11.4. The molecule has 0 bridgehead atoms. The van der Waals surface area contributed by atoms with Crippen LogP contribution in [-0.4, -0.2) is 24.9 Å². The van der Waals surface area contributed by atoms with Gasteiger partial charge < -0.3 is 14.6 Å². The van der Waals surface area contributed by atoms with E-state index in [1.54, 1.807) is 0 Å². The highest BCUT2D eigenvalue weighted by Gasteiger charge is 2.14. The summed E-state index contributed by atoms with van der Waals surface area (Å²) in [4.78, 5) is 0.